The Balaban J connectivity index is 1.49. The Hall–Kier alpha value is -3.86. The Morgan fingerprint density at radius 2 is 1.58 bits per heavy atom. The Morgan fingerprint density at radius 3 is 2.18 bits per heavy atom. The highest BCUT2D eigenvalue weighted by molar-refractivity contribution is 5.94. The fraction of sp³-hybridized carbons (Fsp3) is 0.588. The number of hydrogen-bond donors (Lipinski definition) is 0. The van der Waals surface area contributed by atoms with Gasteiger partial charge in [0.1, 0.15) is 36.5 Å². The molecule has 1 aromatic rings. The van der Waals surface area contributed by atoms with Gasteiger partial charge in [-0.3, -0.25) is 24.1 Å². The summed E-state index contributed by atoms with van der Waals surface area (Å²) in [7, 11) is 1.90. The second-order valence-corrected chi connectivity index (χ2v) is 14.1. The predicted molar refractivity (Wildman–Crippen MR) is 154 cm³/mol. The highest BCUT2D eigenvalue weighted by atomic mass is 16.6. The van der Waals surface area contributed by atoms with Crippen molar-refractivity contribution < 1.29 is 47.7 Å². The van der Waals surface area contributed by atoms with Crippen molar-refractivity contribution in [2.45, 2.75) is 77.0 Å². The molecule has 2 heterocycles. The molecule has 1 aromatic carbocycles. The lowest BCUT2D eigenvalue weighted by molar-refractivity contribution is -0.260. The zero-order valence-corrected chi connectivity index (χ0v) is 25.9. The van der Waals surface area contributed by atoms with Crippen LogP contribution in [0.15, 0.2) is 42.5 Å². The third-order valence-electron chi connectivity index (χ3n) is 12.1. The van der Waals surface area contributed by atoms with E-state index in [-0.39, 0.29) is 23.8 Å². The lowest BCUT2D eigenvalue weighted by Gasteiger charge is -2.68. The molecule has 11 nitrogen and oxygen atoms in total. The molecule has 0 unspecified atom stereocenters. The van der Waals surface area contributed by atoms with E-state index in [1.807, 2.05) is 14.0 Å². The quantitative estimate of drug-likeness (QED) is 0.200. The van der Waals surface area contributed by atoms with Gasteiger partial charge in [0.05, 0.1) is 11.5 Å². The normalized spacial score (nSPS) is 45.1. The molecule has 2 spiro atoms. The second kappa shape index (κ2) is 9.57. The molecule has 6 aliphatic carbocycles. The summed E-state index contributed by atoms with van der Waals surface area (Å²) < 4.78 is 24.5. The number of rotatable bonds is 6. The summed E-state index contributed by atoms with van der Waals surface area (Å²) in [6, 6.07) is 7.52. The molecule has 2 aliphatic heterocycles. The van der Waals surface area contributed by atoms with Crippen LogP contribution in [0.2, 0.25) is 0 Å². The van der Waals surface area contributed by atoms with Gasteiger partial charge in [-0.05, 0) is 37.1 Å². The van der Waals surface area contributed by atoms with Crippen molar-refractivity contribution in [2.75, 3.05) is 7.05 Å². The number of carbonyl (C=O) groups excluding carboxylic acids is 6. The molecule has 7 bridgehead atoms. The molecule has 8 aliphatic rings. The molecular formula is C34H37NO10. The molecule has 0 aromatic heterocycles. The van der Waals surface area contributed by atoms with Gasteiger partial charge in [-0.1, -0.05) is 31.7 Å². The Morgan fingerprint density at radius 1 is 0.933 bits per heavy atom. The van der Waals surface area contributed by atoms with Gasteiger partial charge in [0.2, 0.25) is 0 Å². The van der Waals surface area contributed by atoms with E-state index in [0.29, 0.717) is 12.0 Å². The van der Waals surface area contributed by atoms with E-state index in [9.17, 15) is 28.8 Å². The summed E-state index contributed by atoms with van der Waals surface area (Å²) in [6.45, 7) is 9.89. The van der Waals surface area contributed by atoms with Crippen LogP contribution in [-0.4, -0.2) is 84.4 Å². The first kappa shape index (κ1) is 29.8. The van der Waals surface area contributed by atoms with E-state index in [2.05, 4.69) is 11.5 Å². The second-order valence-electron chi connectivity index (χ2n) is 14.1. The number of fused-ring (bicyclic) bond motifs is 1. The van der Waals surface area contributed by atoms with Crippen molar-refractivity contribution in [1.82, 2.24) is 4.90 Å². The first-order chi connectivity index (χ1) is 21.2. The molecule has 0 N–H and O–H groups in total. The van der Waals surface area contributed by atoms with Gasteiger partial charge in [-0.2, -0.15) is 0 Å². The molecule has 9 rings (SSSR count). The molecule has 8 fully saturated rings. The summed E-state index contributed by atoms with van der Waals surface area (Å²) in [5, 5.41) is 0. The van der Waals surface area contributed by atoms with E-state index < -0.39 is 94.3 Å². The minimum absolute atomic E-state index is 0.0799. The van der Waals surface area contributed by atoms with Crippen molar-refractivity contribution in [3.8, 4) is 0 Å². The van der Waals surface area contributed by atoms with Crippen molar-refractivity contribution in [1.29, 1.82) is 0 Å². The topological polar surface area (TPSA) is 143 Å². The monoisotopic (exact) mass is 619 g/mol. The van der Waals surface area contributed by atoms with Gasteiger partial charge >= 0.3 is 23.9 Å². The molecule has 238 valence electrons. The number of aldehydes is 1. The predicted octanol–water partition coefficient (Wildman–Crippen LogP) is 2.31. The van der Waals surface area contributed by atoms with Crippen LogP contribution in [0, 0.1) is 39.9 Å². The highest BCUT2D eigenvalue weighted by Crippen LogP contribution is 2.84. The van der Waals surface area contributed by atoms with Crippen LogP contribution in [0.4, 0.5) is 0 Å². The van der Waals surface area contributed by atoms with Gasteiger partial charge in [-0.25, -0.2) is 4.79 Å². The van der Waals surface area contributed by atoms with E-state index in [1.54, 1.807) is 30.3 Å². The van der Waals surface area contributed by atoms with Crippen LogP contribution in [0.1, 0.15) is 50.9 Å². The zero-order chi connectivity index (χ0) is 32.4. The van der Waals surface area contributed by atoms with Crippen LogP contribution in [-0.2, 0) is 42.9 Å². The number of ether oxygens (including phenoxy) is 4. The fourth-order valence-electron chi connectivity index (χ4n) is 11.5. The maximum absolute atomic E-state index is 14.6. The number of hydrogen-bond acceptors (Lipinski definition) is 11. The summed E-state index contributed by atoms with van der Waals surface area (Å²) in [6.07, 6.45) is -2.69. The summed E-state index contributed by atoms with van der Waals surface area (Å²) in [4.78, 5) is 81.7. The van der Waals surface area contributed by atoms with Crippen molar-refractivity contribution >= 4 is 35.9 Å². The molecule has 13 atom stereocenters. The number of esters is 4. The van der Waals surface area contributed by atoms with Crippen LogP contribution in [0.3, 0.4) is 0 Å². The molecule has 0 radical (unpaired) electrons. The minimum atomic E-state index is -1.19. The average molecular weight is 620 g/mol. The van der Waals surface area contributed by atoms with Gasteiger partial charge < -0.3 is 23.7 Å². The SMILES string of the molecule is C=C1[C@H]2C(=O)[C@H]3[C@@H]4N(C)[C@H]5C[C@]3([C@@H]1OC(C)=O)[C@@H]([C@@H]2OC(C)=O)[C@@]41[C@H](OC(C)=O)[C@@H](OC(=O)c2ccccc2)C[C@@](C)(C=O)[C@@H]51. The number of Topliss-reactive ketones (excluding diaryl/α,β-unsaturated/α-hetero) is 1. The van der Waals surface area contributed by atoms with Gasteiger partial charge in [0.25, 0.3) is 0 Å². The molecule has 45 heavy (non-hydrogen) atoms. The van der Waals surface area contributed by atoms with E-state index >= 15 is 0 Å². The Kier molecular flexibility index (Phi) is 6.35. The first-order valence-electron chi connectivity index (χ1n) is 15.4. The Labute approximate surface area is 260 Å². The van der Waals surface area contributed by atoms with Gasteiger partial charge in [0.15, 0.2) is 0 Å². The highest BCUT2D eigenvalue weighted by Gasteiger charge is 2.93. The maximum Gasteiger partial charge on any atom is 0.338 e. The Bertz CT molecular complexity index is 1560. The third kappa shape index (κ3) is 3.50. The lowest BCUT2D eigenvalue weighted by atomic mass is 9.38. The lowest BCUT2D eigenvalue weighted by Crippen LogP contribution is -2.76. The van der Waals surface area contributed by atoms with Crippen molar-refractivity contribution in [2.24, 2.45) is 39.9 Å². The summed E-state index contributed by atoms with van der Waals surface area (Å²) in [5.41, 5.74) is -2.64. The standard InChI is InChI=1S/C34H37NO10/c1-15-22-24(40)23-28-34-26(20(35(28)6)12-33(23,29(15)43-17(3)38)27(34)25(22)42-16(2)37)32(5,14-36)13-21(30(34)44-18(4)39)45-31(41)19-10-8-7-9-11-19/h7-11,14,20-23,25-30H,1,12-13H2,2-6H3/t20-,21-,22-,23-,25+,26+,27+,28-,29+,30+,32-,33+,34+/m0/s1. The smallest absolute Gasteiger partial charge is 0.338 e. The number of carbonyl (C=O) groups is 6. The summed E-state index contributed by atoms with van der Waals surface area (Å²) in [5.74, 6) is -5.39. The van der Waals surface area contributed by atoms with E-state index in [0.717, 1.165) is 6.29 Å². The van der Waals surface area contributed by atoms with Crippen LogP contribution < -0.4 is 0 Å². The summed E-state index contributed by atoms with van der Waals surface area (Å²) >= 11 is 0. The number of ketones is 1. The van der Waals surface area contributed by atoms with Crippen molar-refractivity contribution in [3.05, 3.63) is 48.0 Å². The molecule has 2 saturated heterocycles. The largest absolute Gasteiger partial charge is 0.461 e. The number of nitrogens with zero attached hydrogens (tertiary/aromatic N) is 1. The number of benzene rings is 1. The van der Waals surface area contributed by atoms with Crippen LogP contribution >= 0.6 is 0 Å². The molecule has 6 saturated carbocycles. The first-order valence-corrected chi connectivity index (χ1v) is 15.4. The molecule has 0 amide bonds. The number of piperidine rings is 1. The van der Waals surface area contributed by atoms with Gasteiger partial charge in [0, 0.05) is 67.4 Å². The van der Waals surface area contributed by atoms with E-state index in [1.165, 1.54) is 20.8 Å². The van der Waals surface area contributed by atoms with E-state index in [4.69, 9.17) is 18.9 Å². The van der Waals surface area contributed by atoms with Crippen LogP contribution in [0.5, 0.6) is 0 Å². The zero-order valence-electron chi connectivity index (χ0n) is 25.9. The van der Waals surface area contributed by atoms with Crippen molar-refractivity contribution in [3.63, 3.8) is 0 Å². The minimum Gasteiger partial charge on any atom is -0.461 e. The third-order valence-corrected chi connectivity index (χ3v) is 12.1. The molecule has 11 heteroatoms. The average Bonchev–Trinajstić information content (AvgIpc) is 3.23. The maximum atomic E-state index is 14.6. The van der Waals surface area contributed by atoms with Crippen LogP contribution in [0.25, 0.3) is 0 Å². The van der Waals surface area contributed by atoms with Gasteiger partial charge in [-0.15, -0.1) is 0 Å². The molecular weight excluding hydrogens is 582 g/mol. The fourth-order valence-corrected chi connectivity index (χ4v) is 11.5.